The quantitative estimate of drug-likeness (QED) is 0.734. The molecule has 2 aromatic rings. The molecule has 0 aliphatic heterocycles. The third-order valence-electron chi connectivity index (χ3n) is 3.58. The van der Waals surface area contributed by atoms with E-state index in [9.17, 15) is 18.3 Å². The molecule has 0 unspecified atom stereocenters. The fourth-order valence-corrected chi connectivity index (χ4v) is 3.80. The topological polar surface area (TPSA) is 96.4 Å². The predicted octanol–water partition coefficient (Wildman–Crippen LogP) is 3.23. The van der Waals surface area contributed by atoms with Crippen molar-refractivity contribution >= 4 is 27.0 Å². The van der Waals surface area contributed by atoms with Crippen LogP contribution in [0.4, 0.5) is 11.4 Å². The van der Waals surface area contributed by atoms with Crippen molar-refractivity contribution < 1.29 is 18.3 Å². The SMILES string of the molecule is Cc1cc(Nc2ccncc2S(=O)(=O)CC(=O)CC(C)C)ccc1O. The Morgan fingerprint density at radius 3 is 2.64 bits per heavy atom. The molecule has 1 aromatic carbocycles. The molecule has 134 valence electrons. The zero-order valence-electron chi connectivity index (χ0n) is 14.5. The lowest BCUT2D eigenvalue weighted by Crippen LogP contribution is -2.18. The van der Waals surface area contributed by atoms with Crippen LogP contribution in [-0.4, -0.2) is 30.0 Å². The van der Waals surface area contributed by atoms with E-state index >= 15 is 0 Å². The van der Waals surface area contributed by atoms with E-state index in [1.165, 1.54) is 18.5 Å². The molecular weight excluding hydrogens is 340 g/mol. The molecule has 0 spiro atoms. The first-order chi connectivity index (χ1) is 11.7. The zero-order chi connectivity index (χ0) is 18.6. The van der Waals surface area contributed by atoms with Gasteiger partial charge >= 0.3 is 0 Å². The summed E-state index contributed by atoms with van der Waals surface area (Å²) in [7, 11) is -3.80. The van der Waals surface area contributed by atoms with Gasteiger partial charge in [-0.3, -0.25) is 9.78 Å². The molecule has 0 bridgehead atoms. The number of anilines is 2. The van der Waals surface area contributed by atoms with Crippen LogP contribution in [-0.2, 0) is 14.6 Å². The zero-order valence-corrected chi connectivity index (χ0v) is 15.3. The van der Waals surface area contributed by atoms with E-state index in [1.807, 2.05) is 13.8 Å². The molecule has 6 nitrogen and oxygen atoms in total. The van der Waals surface area contributed by atoms with Crippen molar-refractivity contribution in [1.29, 1.82) is 0 Å². The van der Waals surface area contributed by atoms with Crippen molar-refractivity contribution in [2.45, 2.75) is 32.1 Å². The molecule has 0 atom stereocenters. The van der Waals surface area contributed by atoms with E-state index in [0.29, 0.717) is 16.9 Å². The molecule has 0 amide bonds. The summed E-state index contributed by atoms with van der Waals surface area (Å²) in [4.78, 5) is 15.8. The molecule has 7 heteroatoms. The normalized spacial score (nSPS) is 11.5. The summed E-state index contributed by atoms with van der Waals surface area (Å²) in [6.07, 6.45) is 2.94. The van der Waals surface area contributed by atoms with Crippen molar-refractivity contribution in [2.75, 3.05) is 11.1 Å². The number of aryl methyl sites for hydroxylation is 1. The van der Waals surface area contributed by atoms with E-state index in [2.05, 4.69) is 10.3 Å². The number of sulfone groups is 1. The Morgan fingerprint density at radius 2 is 2.00 bits per heavy atom. The number of phenols is 1. The lowest BCUT2D eigenvalue weighted by molar-refractivity contribution is -0.117. The molecular formula is C18H22N2O4S. The van der Waals surface area contributed by atoms with Gasteiger partial charge in [-0.25, -0.2) is 8.42 Å². The maximum absolute atomic E-state index is 12.6. The highest BCUT2D eigenvalue weighted by Crippen LogP contribution is 2.27. The molecule has 25 heavy (non-hydrogen) atoms. The standard InChI is InChI=1S/C18H22N2O4S/c1-12(2)8-15(21)11-25(23,24)18-10-19-7-6-16(18)20-14-4-5-17(22)13(3)9-14/h4-7,9-10,12,22H,8,11H2,1-3H3,(H,19,20). The summed E-state index contributed by atoms with van der Waals surface area (Å²) in [5.41, 5.74) is 1.64. The smallest absolute Gasteiger partial charge is 0.189 e. The number of aromatic hydroxyl groups is 1. The summed E-state index contributed by atoms with van der Waals surface area (Å²) in [6, 6.07) is 6.42. The van der Waals surface area contributed by atoms with Crippen LogP contribution in [0.1, 0.15) is 25.8 Å². The first kappa shape index (κ1) is 18.9. The number of rotatable bonds is 7. The van der Waals surface area contributed by atoms with E-state index < -0.39 is 15.6 Å². The van der Waals surface area contributed by atoms with Crippen LogP contribution in [0.15, 0.2) is 41.6 Å². The minimum atomic E-state index is -3.80. The highest BCUT2D eigenvalue weighted by Gasteiger charge is 2.23. The lowest BCUT2D eigenvalue weighted by Gasteiger charge is -2.13. The molecule has 0 aliphatic carbocycles. The first-order valence-corrected chi connectivity index (χ1v) is 9.59. The summed E-state index contributed by atoms with van der Waals surface area (Å²) >= 11 is 0. The fourth-order valence-electron chi connectivity index (χ4n) is 2.42. The number of carbonyl (C=O) groups excluding carboxylic acids is 1. The van der Waals surface area contributed by atoms with Gasteiger partial charge in [0.2, 0.25) is 0 Å². The number of ketones is 1. The number of hydrogen-bond acceptors (Lipinski definition) is 6. The monoisotopic (exact) mass is 362 g/mol. The van der Waals surface area contributed by atoms with Crippen molar-refractivity contribution in [3.63, 3.8) is 0 Å². The summed E-state index contributed by atoms with van der Waals surface area (Å²) < 4.78 is 25.2. The average Bonchev–Trinajstić information content (AvgIpc) is 2.50. The second kappa shape index (κ2) is 7.65. The number of nitrogens with zero attached hydrogens (tertiary/aromatic N) is 1. The maximum Gasteiger partial charge on any atom is 0.189 e. The molecule has 1 aromatic heterocycles. The number of benzene rings is 1. The second-order valence-corrected chi connectivity index (χ2v) is 8.35. The van der Waals surface area contributed by atoms with Crippen LogP contribution in [0.5, 0.6) is 5.75 Å². The molecule has 1 heterocycles. The van der Waals surface area contributed by atoms with Crippen molar-refractivity contribution in [2.24, 2.45) is 5.92 Å². The largest absolute Gasteiger partial charge is 0.508 e. The van der Waals surface area contributed by atoms with Gasteiger partial charge in [-0.05, 0) is 42.7 Å². The van der Waals surface area contributed by atoms with Crippen molar-refractivity contribution in [3.05, 3.63) is 42.2 Å². The van der Waals surface area contributed by atoms with Gasteiger partial charge < -0.3 is 10.4 Å². The lowest BCUT2D eigenvalue weighted by atomic mass is 10.1. The number of Topliss-reactive ketones (excluding diaryl/α,β-unsaturated/α-hetero) is 1. The maximum atomic E-state index is 12.6. The second-order valence-electron chi connectivity index (χ2n) is 6.39. The van der Waals surface area contributed by atoms with Gasteiger partial charge in [0.05, 0.1) is 5.69 Å². The Balaban J connectivity index is 2.30. The van der Waals surface area contributed by atoms with Crippen LogP contribution in [0.25, 0.3) is 0 Å². The van der Waals surface area contributed by atoms with Gasteiger partial charge in [-0.2, -0.15) is 0 Å². The molecule has 0 saturated carbocycles. The Hall–Kier alpha value is -2.41. The van der Waals surface area contributed by atoms with Gasteiger partial charge in [-0.1, -0.05) is 13.8 Å². The first-order valence-electron chi connectivity index (χ1n) is 7.94. The number of hydrogen-bond donors (Lipinski definition) is 2. The molecule has 2 N–H and O–H groups in total. The third kappa shape index (κ3) is 5.03. The summed E-state index contributed by atoms with van der Waals surface area (Å²) in [5, 5.41) is 12.6. The molecule has 0 saturated heterocycles. The Labute approximate surface area is 147 Å². The number of aromatic nitrogens is 1. The van der Waals surface area contributed by atoms with Crippen LogP contribution < -0.4 is 5.32 Å². The van der Waals surface area contributed by atoms with Gasteiger partial charge in [0.15, 0.2) is 9.84 Å². The van der Waals surface area contributed by atoms with Crippen LogP contribution in [0, 0.1) is 12.8 Å². The van der Waals surface area contributed by atoms with Gasteiger partial charge in [0.1, 0.15) is 22.2 Å². The summed E-state index contributed by atoms with van der Waals surface area (Å²) in [5.74, 6) is -0.591. The number of pyridine rings is 1. The number of phenolic OH excluding ortho intramolecular Hbond substituents is 1. The van der Waals surface area contributed by atoms with E-state index in [0.717, 1.165) is 0 Å². The number of nitrogens with one attached hydrogen (secondary N) is 1. The summed E-state index contributed by atoms with van der Waals surface area (Å²) in [6.45, 7) is 5.48. The predicted molar refractivity (Wildman–Crippen MR) is 96.9 cm³/mol. The van der Waals surface area contributed by atoms with Gasteiger partial charge in [-0.15, -0.1) is 0 Å². The van der Waals surface area contributed by atoms with Crippen LogP contribution in [0.2, 0.25) is 0 Å². The van der Waals surface area contributed by atoms with Gasteiger partial charge in [0, 0.05) is 24.5 Å². The Morgan fingerprint density at radius 1 is 1.28 bits per heavy atom. The molecule has 0 fully saturated rings. The highest BCUT2D eigenvalue weighted by molar-refractivity contribution is 7.92. The van der Waals surface area contributed by atoms with E-state index in [4.69, 9.17) is 0 Å². The molecule has 0 radical (unpaired) electrons. The van der Waals surface area contributed by atoms with Crippen molar-refractivity contribution in [3.8, 4) is 5.75 Å². The van der Waals surface area contributed by atoms with Crippen LogP contribution >= 0.6 is 0 Å². The minimum Gasteiger partial charge on any atom is -0.508 e. The third-order valence-corrected chi connectivity index (χ3v) is 5.28. The number of carbonyl (C=O) groups is 1. The van der Waals surface area contributed by atoms with Gasteiger partial charge in [0.25, 0.3) is 0 Å². The average molecular weight is 362 g/mol. The Kier molecular flexibility index (Phi) is 5.79. The van der Waals surface area contributed by atoms with E-state index in [1.54, 1.807) is 25.1 Å². The highest BCUT2D eigenvalue weighted by atomic mass is 32.2. The minimum absolute atomic E-state index is 0.0159. The molecule has 2 rings (SSSR count). The molecule has 0 aliphatic rings. The Bertz CT molecular complexity index is 876. The van der Waals surface area contributed by atoms with Crippen molar-refractivity contribution in [1.82, 2.24) is 4.98 Å². The van der Waals surface area contributed by atoms with Crippen LogP contribution in [0.3, 0.4) is 0 Å². The fraction of sp³-hybridized carbons (Fsp3) is 0.333. The van der Waals surface area contributed by atoms with E-state index in [-0.39, 0.29) is 28.8 Å².